The summed E-state index contributed by atoms with van der Waals surface area (Å²) in [6, 6.07) is 7.34. The van der Waals surface area contributed by atoms with Crippen LogP contribution in [0.4, 0.5) is 0 Å². The van der Waals surface area contributed by atoms with Crippen LogP contribution in [0.5, 0.6) is 0 Å². The highest BCUT2D eigenvalue weighted by atomic mass is 35.5. The molecule has 0 aliphatic heterocycles. The van der Waals surface area contributed by atoms with Gasteiger partial charge in [0.15, 0.2) is 0 Å². The van der Waals surface area contributed by atoms with E-state index in [1.165, 1.54) is 0 Å². The minimum atomic E-state index is -0.330. The zero-order chi connectivity index (χ0) is 15.2. The number of amides is 1. The molecular formula is C14H19Cl2N5O. The van der Waals surface area contributed by atoms with Gasteiger partial charge in [-0.1, -0.05) is 30.7 Å². The van der Waals surface area contributed by atoms with Crippen molar-refractivity contribution < 1.29 is 4.79 Å². The second kappa shape index (κ2) is 8.73. The maximum absolute atomic E-state index is 12.0. The molecule has 0 radical (unpaired) electrons. The molecule has 1 aromatic heterocycles. The molecule has 0 atom stereocenters. The minimum absolute atomic E-state index is 0. The molecule has 2 aromatic rings. The number of hydrogen-bond acceptors (Lipinski definition) is 4. The predicted molar refractivity (Wildman–Crippen MR) is 89.0 cm³/mol. The van der Waals surface area contributed by atoms with Crippen molar-refractivity contribution in [2.45, 2.75) is 19.8 Å². The van der Waals surface area contributed by atoms with Crippen molar-refractivity contribution in [1.29, 1.82) is 0 Å². The second-order valence-corrected chi connectivity index (χ2v) is 4.92. The fraction of sp³-hybridized carbons (Fsp3) is 0.357. The largest absolute Gasteiger partial charge is 0.348 e. The van der Waals surface area contributed by atoms with E-state index in [0.717, 1.165) is 6.42 Å². The number of para-hydroxylation sites is 1. The summed E-state index contributed by atoms with van der Waals surface area (Å²) in [7, 11) is 0. The van der Waals surface area contributed by atoms with Crippen molar-refractivity contribution in [2.24, 2.45) is 5.73 Å². The van der Waals surface area contributed by atoms with Crippen LogP contribution in [0.3, 0.4) is 0 Å². The van der Waals surface area contributed by atoms with Crippen LogP contribution >= 0.6 is 24.0 Å². The van der Waals surface area contributed by atoms with E-state index in [0.29, 0.717) is 36.0 Å². The molecule has 0 aliphatic carbocycles. The molecule has 2 rings (SSSR count). The number of benzene rings is 1. The van der Waals surface area contributed by atoms with Crippen molar-refractivity contribution in [1.82, 2.24) is 20.1 Å². The summed E-state index contributed by atoms with van der Waals surface area (Å²) < 4.78 is 1.63. The number of halogens is 2. The van der Waals surface area contributed by atoms with Gasteiger partial charge in [-0.15, -0.1) is 17.5 Å². The Balaban J connectivity index is 0.00000242. The van der Waals surface area contributed by atoms with Crippen LogP contribution < -0.4 is 11.1 Å². The molecule has 0 saturated heterocycles. The van der Waals surface area contributed by atoms with Crippen molar-refractivity contribution in [3.63, 3.8) is 0 Å². The van der Waals surface area contributed by atoms with Crippen LogP contribution in [-0.2, 0) is 6.42 Å². The number of nitrogens with one attached hydrogen (secondary N) is 1. The molecule has 3 N–H and O–H groups in total. The van der Waals surface area contributed by atoms with E-state index in [1.807, 2.05) is 25.1 Å². The first-order valence-corrected chi connectivity index (χ1v) is 7.24. The van der Waals surface area contributed by atoms with Crippen molar-refractivity contribution in [2.75, 3.05) is 13.1 Å². The number of carbonyl (C=O) groups excluding carboxylic acids is 1. The van der Waals surface area contributed by atoms with Crippen LogP contribution in [0, 0.1) is 0 Å². The Hall–Kier alpha value is -1.63. The van der Waals surface area contributed by atoms with Crippen LogP contribution in [0.1, 0.15) is 29.8 Å². The van der Waals surface area contributed by atoms with Crippen molar-refractivity contribution in [3.05, 3.63) is 40.9 Å². The highest BCUT2D eigenvalue weighted by Gasteiger charge is 2.17. The third-order valence-corrected chi connectivity index (χ3v) is 3.18. The van der Waals surface area contributed by atoms with Gasteiger partial charge in [0.1, 0.15) is 5.82 Å². The molecule has 22 heavy (non-hydrogen) atoms. The lowest BCUT2D eigenvalue weighted by Crippen LogP contribution is -2.29. The monoisotopic (exact) mass is 343 g/mol. The lowest BCUT2D eigenvalue weighted by molar-refractivity contribution is 0.0944. The molecule has 0 bridgehead atoms. The molecule has 8 heteroatoms. The molecule has 0 fully saturated rings. The zero-order valence-corrected chi connectivity index (χ0v) is 13.8. The van der Waals surface area contributed by atoms with E-state index >= 15 is 0 Å². The van der Waals surface area contributed by atoms with Crippen LogP contribution in [-0.4, -0.2) is 33.8 Å². The molecule has 0 spiro atoms. The van der Waals surface area contributed by atoms with E-state index in [1.54, 1.807) is 10.7 Å². The molecule has 0 aliphatic rings. The third kappa shape index (κ3) is 4.19. The van der Waals surface area contributed by atoms with E-state index in [4.69, 9.17) is 17.3 Å². The number of aryl methyl sites for hydroxylation is 1. The number of hydrogen-bond donors (Lipinski definition) is 2. The summed E-state index contributed by atoms with van der Waals surface area (Å²) in [6.07, 6.45) is 1.61. The lowest BCUT2D eigenvalue weighted by atomic mass is 10.3. The minimum Gasteiger partial charge on any atom is -0.348 e. The number of nitrogens with zero attached hydrogens (tertiary/aromatic N) is 3. The molecule has 1 aromatic carbocycles. The maximum atomic E-state index is 12.0. The average Bonchev–Trinajstić information content (AvgIpc) is 2.89. The van der Waals surface area contributed by atoms with Crippen LogP contribution in [0.15, 0.2) is 24.3 Å². The summed E-state index contributed by atoms with van der Waals surface area (Å²) in [5.74, 6) is 0.513. The number of nitrogens with two attached hydrogens (primary N) is 1. The smallest absolute Gasteiger partial charge is 0.291 e. The Morgan fingerprint density at radius 1 is 1.41 bits per heavy atom. The van der Waals surface area contributed by atoms with E-state index in [9.17, 15) is 4.79 Å². The number of aromatic nitrogens is 3. The molecule has 0 saturated carbocycles. The van der Waals surface area contributed by atoms with E-state index in [-0.39, 0.29) is 24.1 Å². The van der Waals surface area contributed by atoms with Gasteiger partial charge in [-0.3, -0.25) is 4.79 Å². The Kier molecular flexibility index (Phi) is 7.31. The molecule has 1 heterocycles. The first kappa shape index (κ1) is 18.4. The Labute approximate surface area is 140 Å². The van der Waals surface area contributed by atoms with E-state index < -0.39 is 0 Å². The maximum Gasteiger partial charge on any atom is 0.291 e. The fourth-order valence-corrected chi connectivity index (χ4v) is 2.12. The highest BCUT2D eigenvalue weighted by Crippen LogP contribution is 2.21. The van der Waals surface area contributed by atoms with Crippen LogP contribution in [0.2, 0.25) is 5.02 Å². The summed E-state index contributed by atoms with van der Waals surface area (Å²) in [5.41, 5.74) is 6.09. The highest BCUT2D eigenvalue weighted by molar-refractivity contribution is 6.32. The Morgan fingerprint density at radius 2 is 2.14 bits per heavy atom. The third-order valence-electron chi connectivity index (χ3n) is 2.86. The molecule has 0 unspecified atom stereocenters. The fourth-order valence-electron chi connectivity index (χ4n) is 1.91. The number of carbonyl (C=O) groups is 1. The standard InChI is InChI=1S/C14H18ClN5O.ClH/c1-2-5-12-18-13(14(21)17-9-8-16)19-20(12)11-7-4-3-6-10(11)15;/h3-4,6-7H,2,5,8-9,16H2,1H3,(H,17,21);1H. The van der Waals surface area contributed by atoms with Crippen molar-refractivity contribution >= 4 is 29.9 Å². The molecule has 120 valence electrons. The molecule has 1 amide bonds. The SMILES string of the molecule is CCCc1nc(C(=O)NCCN)nn1-c1ccccc1Cl.Cl. The van der Waals surface area contributed by atoms with Crippen molar-refractivity contribution in [3.8, 4) is 5.69 Å². The summed E-state index contributed by atoms with van der Waals surface area (Å²) in [4.78, 5) is 16.3. The molecular weight excluding hydrogens is 325 g/mol. The van der Waals surface area contributed by atoms with Gasteiger partial charge >= 0.3 is 0 Å². The van der Waals surface area contributed by atoms with Gasteiger partial charge in [-0.2, -0.15) is 0 Å². The second-order valence-electron chi connectivity index (χ2n) is 4.51. The van der Waals surface area contributed by atoms with Gasteiger partial charge in [-0.25, -0.2) is 9.67 Å². The van der Waals surface area contributed by atoms with Gasteiger partial charge in [0.2, 0.25) is 5.82 Å². The van der Waals surface area contributed by atoms with Gasteiger partial charge in [0.05, 0.1) is 10.7 Å². The number of rotatable bonds is 6. The Morgan fingerprint density at radius 3 is 2.77 bits per heavy atom. The Bertz CT molecular complexity index is 629. The van der Waals surface area contributed by atoms with Crippen LogP contribution in [0.25, 0.3) is 5.69 Å². The summed E-state index contributed by atoms with van der Waals surface area (Å²) >= 11 is 6.20. The molecule has 6 nitrogen and oxygen atoms in total. The lowest BCUT2D eigenvalue weighted by Gasteiger charge is -2.06. The normalized spacial score (nSPS) is 10.1. The predicted octanol–water partition coefficient (Wildman–Crippen LogP) is 1.98. The first-order valence-electron chi connectivity index (χ1n) is 6.86. The van der Waals surface area contributed by atoms with Gasteiger partial charge in [-0.05, 0) is 18.6 Å². The summed E-state index contributed by atoms with van der Waals surface area (Å²) in [5, 5.41) is 7.51. The average molecular weight is 344 g/mol. The van der Waals surface area contributed by atoms with E-state index in [2.05, 4.69) is 15.4 Å². The summed E-state index contributed by atoms with van der Waals surface area (Å²) in [6.45, 7) is 2.81. The van der Waals surface area contributed by atoms with Gasteiger partial charge in [0, 0.05) is 19.5 Å². The zero-order valence-electron chi connectivity index (χ0n) is 12.3. The topological polar surface area (TPSA) is 85.8 Å². The van der Waals surface area contributed by atoms with Gasteiger partial charge < -0.3 is 11.1 Å². The van der Waals surface area contributed by atoms with Gasteiger partial charge in [0.25, 0.3) is 5.91 Å². The first-order chi connectivity index (χ1) is 10.2. The quantitative estimate of drug-likeness (QED) is 0.839.